The van der Waals surface area contributed by atoms with Crippen LogP contribution in [0.5, 0.6) is 11.5 Å². The maximum Gasteiger partial charge on any atom is 0.261 e. The lowest BCUT2D eigenvalue weighted by atomic mass is 9.93. The van der Waals surface area contributed by atoms with E-state index in [4.69, 9.17) is 9.47 Å². The Kier molecular flexibility index (Phi) is 5.69. The first-order valence-corrected chi connectivity index (χ1v) is 10.1. The molecule has 2 aromatic carbocycles. The van der Waals surface area contributed by atoms with Gasteiger partial charge in [-0.1, -0.05) is 25.3 Å². The quantitative estimate of drug-likeness (QED) is 0.851. The number of rotatable bonds is 4. The molecule has 0 radical (unpaired) electrons. The molecule has 4 rings (SSSR count). The van der Waals surface area contributed by atoms with Crippen molar-refractivity contribution in [1.82, 2.24) is 4.90 Å². The zero-order valence-corrected chi connectivity index (χ0v) is 16.6. The number of carbonyl (C=O) groups is 2. The van der Waals surface area contributed by atoms with Crippen LogP contribution >= 0.6 is 0 Å². The molecule has 1 aliphatic carbocycles. The molecular formula is C23H26N2O4. The van der Waals surface area contributed by atoms with Gasteiger partial charge >= 0.3 is 0 Å². The molecule has 2 amide bonds. The Hall–Kier alpha value is -3.02. The Balaban J connectivity index is 1.53. The minimum atomic E-state index is -0.210. The Morgan fingerprint density at radius 3 is 2.76 bits per heavy atom. The van der Waals surface area contributed by atoms with Gasteiger partial charge in [0.15, 0.2) is 6.61 Å². The molecule has 0 spiro atoms. The summed E-state index contributed by atoms with van der Waals surface area (Å²) in [5.41, 5.74) is 2.12. The lowest BCUT2D eigenvalue weighted by Gasteiger charge is -2.33. The second-order valence-electron chi connectivity index (χ2n) is 7.61. The minimum absolute atomic E-state index is 0.0371. The van der Waals surface area contributed by atoms with E-state index in [1.807, 2.05) is 17.0 Å². The van der Waals surface area contributed by atoms with Crippen molar-refractivity contribution in [3.63, 3.8) is 0 Å². The fourth-order valence-corrected chi connectivity index (χ4v) is 4.11. The Bertz CT molecular complexity index is 906. The predicted octanol–water partition coefficient (Wildman–Crippen LogP) is 4.00. The van der Waals surface area contributed by atoms with Crippen LogP contribution in [0.25, 0.3) is 0 Å². The summed E-state index contributed by atoms with van der Waals surface area (Å²) in [6.45, 7) is 0.584. The number of benzene rings is 2. The molecule has 1 heterocycles. The highest BCUT2D eigenvalue weighted by Crippen LogP contribution is 2.31. The minimum Gasteiger partial charge on any atom is -0.497 e. The van der Waals surface area contributed by atoms with Crippen molar-refractivity contribution in [1.29, 1.82) is 0 Å². The van der Waals surface area contributed by atoms with Crippen LogP contribution in [0, 0.1) is 0 Å². The molecule has 0 bridgehead atoms. The number of methoxy groups -OCH3 is 1. The number of ether oxygens (including phenoxy) is 2. The van der Waals surface area contributed by atoms with Crippen molar-refractivity contribution in [2.45, 2.75) is 44.7 Å². The summed E-state index contributed by atoms with van der Waals surface area (Å²) in [6.07, 6.45) is 5.67. The summed E-state index contributed by atoms with van der Waals surface area (Å²) in [7, 11) is 1.57. The number of hydrogen-bond donors (Lipinski definition) is 1. The molecule has 1 N–H and O–H groups in total. The van der Waals surface area contributed by atoms with E-state index in [9.17, 15) is 9.59 Å². The highest BCUT2D eigenvalue weighted by molar-refractivity contribution is 6.04. The van der Waals surface area contributed by atoms with Crippen LogP contribution in [0.1, 0.15) is 48.0 Å². The number of anilines is 1. The van der Waals surface area contributed by atoms with E-state index in [-0.39, 0.29) is 24.5 Å². The Morgan fingerprint density at radius 2 is 1.97 bits per heavy atom. The molecule has 29 heavy (non-hydrogen) atoms. The number of fused-ring (bicyclic) bond motifs is 1. The fraction of sp³-hybridized carbons (Fsp3) is 0.391. The maximum absolute atomic E-state index is 12.6. The number of nitrogens with one attached hydrogen (secondary N) is 1. The van der Waals surface area contributed by atoms with Crippen LogP contribution in [0.15, 0.2) is 42.5 Å². The van der Waals surface area contributed by atoms with Gasteiger partial charge < -0.3 is 19.7 Å². The molecule has 2 aromatic rings. The molecule has 0 unspecified atom stereocenters. The summed E-state index contributed by atoms with van der Waals surface area (Å²) in [5.74, 6) is 1.17. The summed E-state index contributed by atoms with van der Waals surface area (Å²) >= 11 is 0. The van der Waals surface area contributed by atoms with E-state index in [1.54, 1.807) is 37.4 Å². The van der Waals surface area contributed by atoms with E-state index in [1.165, 1.54) is 19.3 Å². The van der Waals surface area contributed by atoms with Gasteiger partial charge in [0.05, 0.1) is 7.11 Å². The molecule has 6 nitrogen and oxygen atoms in total. The van der Waals surface area contributed by atoms with Crippen molar-refractivity contribution in [2.75, 3.05) is 19.0 Å². The number of hydrogen-bond acceptors (Lipinski definition) is 4. The van der Waals surface area contributed by atoms with Crippen LogP contribution in [-0.2, 0) is 11.3 Å². The smallest absolute Gasteiger partial charge is 0.261 e. The molecule has 152 valence electrons. The van der Waals surface area contributed by atoms with Crippen molar-refractivity contribution in [3.05, 3.63) is 53.6 Å². The van der Waals surface area contributed by atoms with Gasteiger partial charge in [-0.25, -0.2) is 0 Å². The normalized spacial score (nSPS) is 17.1. The van der Waals surface area contributed by atoms with Crippen molar-refractivity contribution < 1.29 is 19.1 Å². The first-order chi connectivity index (χ1) is 14.1. The van der Waals surface area contributed by atoms with Crippen molar-refractivity contribution in [3.8, 4) is 11.5 Å². The van der Waals surface area contributed by atoms with Gasteiger partial charge in [0.25, 0.3) is 11.8 Å². The number of amides is 2. The Morgan fingerprint density at radius 1 is 1.14 bits per heavy atom. The second-order valence-corrected chi connectivity index (χ2v) is 7.61. The first-order valence-electron chi connectivity index (χ1n) is 10.1. The van der Waals surface area contributed by atoms with Crippen LogP contribution in [-0.4, -0.2) is 36.5 Å². The second kappa shape index (κ2) is 8.55. The molecule has 1 saturated carbocycles. The van der Waals surface area contributed by atoms with E-state index < -0.39 is 0 Å². The summed E-state index contributed by atoms with van der Waals surface area (Å²) in [4.78, 5) is 27.2. The summed E-state index contributed by atoms with van der Waals surface area (Å²) in [5, 5.41) is 2.93. The molecule has 0 atom stereocenters. The summed E-state index contributed by atoms with van der Waals surface area (Å²) in [6, 6.07) is 12.8. The van der Waals surface area contributed by atoms with E-state index >= 15 is 0 Å². The monoisotopic (exact) mass is 394 g/mol. The lowest BCUT2D eigenvalue weighted by Crippen LogP contribution is -2.42. The average Bonchev–Trinajstić information content (AvgIpc) is 2.93. The van der Waals surface area contributed by atoms with Gasteiger partial charge in [-0.15, -0.1) is 0 Å². The highest BCUT2D eigenvalue weighted by atomic mass is 16.5. The number of nitrogens with zero attached hydrogens (tertiary/aromatic N) is 1. The van der Waals surface area contributed by atoms with E-state index in [2.05, 4.69) is 5.32 Å². The van der Waals surface area contributed by atoms with E-state index in [0.717, 1.165) is 18.4 Å². The topological polar surface area (TPSA) is 67.9 Å². The van der Waals surface area contributed by atoms with Gasteiger partial charge in [-0.2, -0.15) is 0 Å². The van der Waals surface area contributed by atoms with E-state index in [0.29, 0.717) is 29.3 Å². The third kappa shape index (κ3) is 4.36. The zero-order chi connectivity index (χ0) is 20.2. The highest BCUT2D eigenvalue weighted by Gasteiger charge is 2.29. The maximum atomic E-state index is 12.6. The van der Waals surface area contributed by atoms with Gasteiger partial charge in [-0.05, 0) is 49.2 Å². The van der Waals surface area contributed by atoms with Crippen LogP contribution in [0.3, 0.4) is 0 Å². The Labute approximate surface area is 170 Å². The molecule has 1 fully saturated rings. The van der Waals surface area contributed by atoms with Gasteiger partial charge in [0.2, 0.25) is 0 Å². The average molecular weight is 394 g/mol. The fourth-order valence-electron chi connectivity index (χ4n) is 4.11. The van der Waals surface area contributed by atoms with Crippen molar-refractivity contribution in [2.24, 2.45) is 0 Å². The zero-order valence-electron chi connectivity index (χ0n) is 16.6. The van der Waals surface area contributed by atoms with Gasteiger partial charge in [-0.3, -0.25) is 9.59 Å². The van der Waals surface area contributed by atoms with Crippen LogP contribution in [0.2, 0.25) is 0 Å². The predicted molar refractivity (Wildman–Crippen MR) is 110 cm³/mol. The standard InChI is InChI=1S/C23H26N2O4/c1-28-20-9-5-6-16(13-20)23(27)24-18-10-11-21-17(12-18)14-25(22(26)15-29-21)19-7-3-2-4-8-19/h5-6,9-13,19H,2-4,7-8,14-15H2,1H3,(H,24,27). The molecule has 0 saturated heterocycles. The molecule has 0 aromatic heterocycles. The van der Waals surface area contributed by atoms with Gasteiger partial charge in [0.1, 0.15) is 11.5 Å². The van der Waals surface area contributed by atoms with Crippen molar-refractivity contribution >= 4 is 17.5 Å². The number of carbonyl (C=O) groups excluding carboxylic acids is 2. The SMILES string of the molecule is COc1cccc(C(=O)Nc2ccc3c(c2)CN(C2CCCCC2)C(=O)CO3)c1. The van der Waals surface area contributed by atoms with Crippen LogP contribution in [0.4, 0.5) is 5.69 Å². The van der Waals surface area contributed by atoms with Gasteiger partial charge in [0, 0.05) is 29.4 Å². The van der Waals surface area contributed by atoms with Crippen LogP contribution < -0.4 is 14.8 Å². The third-order valence-electron chi connectivity index (χ3n) is 5.68. The molecule has 6 heteroatoms. The summed E-state index contributed by atoms with van der Waals surface area (Å²) < 4.78 is 10.9. The molecule has 1 aliphatic heterocycles. The largest absolute Gasteiger partial charge is 0.497 e. The lowest BCUT2D eigenvalue weighted by molar-refractivity contribution is -0.136. The third-order valence-corrected chi connectivity index (χ3v) is 5.68. The first kappa shape index (κ1) is 19.3. The molecule has 2 aliphatic rings. The molecular weight excluding hydrogens is 368 g/mol.